The highest BCUT2D eigenvalue weighted by atomic mass is 16.6. The highest BCUT2D eigenvalue weighted by molar-refractivity contribution is 5.71. The lowest BCUT2D eigenvalue weighted by Gasteiger charge is -2.18. The van der Waals surface area contributed by atoms with Gasteiger partial charge in [0.25, 0.3) is 0 Å². The summed E-state index contributed by atoms with van der Waals surface area (Å²) in [5.74, 6) is -0.899. The molecule has 6 heteroatoms. The predicted octanol–water partition coefficient (Wildman–Crippen LogP) is 22.7. The number of hydrogen-bond acceptors (Lipinski definition) is 6. The Hall–Kier alpha value is -3.41. The summed E-state index contributed by atoms with van der Waals surface area (Å²) in [7, 11) is 0. The van der Waals surface area contributed by atoms with Crippen LogP contribution in [0.5, 0.6) is 0 Å². The number of carbonyl (C=O) groups excluding carboxylic acids is 3. The molecular weight excluding hydrogens is 949 g/mol. The van der Waals surface area contributed by atoms with Crippen molar-refractivity contribution in [3.05, 3.63) is 85.1 Å². The summed E-state index contributed by atoms with van der Waals surface area (Å²) < 4.78 is 16.9. The van der Waals surface area contributed by atoms with Crippen molar-refractivity contribution < 1.29 is 28.6 Å². The first-order valence-electron chi connectivity index (χ1n) is 33.1. The predicted molar refractivity (Wildman–Crippen MR) is 334 cm³/mol. The van der Waals surface area contributed by atoms with Gasteiger partial charge in [0.2, 0.25) is 0 Å². The van der Waals surface area contributed by atoms with Gasteiger partial charge in [-0.25, -0.2) is 0 Å². The maximum absolute atomic E-state index is 12.9. The van der Waals surface area contributed by atoms with Crippen LogP contribution in [0.4, 0.5) is 0 Å². The molecule has 1 atom stereocenters. The first-order valence-corrected chi connectivity index (χ1v) is 33.1. The lowest BCUT2D eigenvalue weighted by molar-refractivity contribution is -0.167. The Labute approximate surface area is 477 Å². The number of ether oxygens (including phenoxy) is 3. The minimum Gasteiger partial charge on any atom is -0.462 e. The van der Waals surface area contributed by atoms with Crippen LogP contribution in [-0.2, 0) is 28.6 Å². The lowest BCUT2D eigenvalue weighted by Crippen LogP contribution is -2.30. The van der Waals surface area contributed by atoms with Crippen molar-refractivity contribution in [2.24, 2.45) is 0 Å². The first kappa shape index (κ1) is 73.6. The van der Waals surface area contributed by atoms with Gasteiger partial charge in [0.15, 0.2) is 6.10 Å². The van der Waals surface area contributed by atoms with Crippen molar-refractivity contribution in [1.82, 2.24) is 0 Å². The molecular formula is C71H124O6. The van der Waals surface area contributed by atoms with Crippen LogP contribution in [0.2, 0.25) is 0 Å². The molecule has 0 rings (SSSR count). The van der Waals surface area contributed by atoms with Crippen LogP contribution >= 0.6 is 0 Å². The zero-order valence-corrected chi connectivity index (χ0v) is 51.0. The van der Waals surface area contributed by atoms with Crippen LogP contribution in [0.25, 0.3) is 0 Å². The van der Waals surface area contributed by atoms with E-state index >= 15 is 0 Å². The molecule has 0 fully saturated rings. The molecule has 0 saturated heterocycles. The number of carbonyl (C=O) groups is 3. The highest BCUT2D eigenvalue weighted by Gasteiger charge is 2.19. The Bertz CT molecular complexity index is 1470. The molecule has 0 aliphatic heterocycles. The second-order valence-corrected chi connectivity index (χ2v) is 22.0. The number of esters is 3. The quantitative estimate of drug-likeness (QED) is 0.0261. The SMILES string of the molecule is CC/C=C\C/C=C\C/C=C\CCCCCCCC(=O)OCC(COC(=O)CCCCCCCCCC/C=C\C/C=C\C/C=C\CCCCCCC)OC(=O)CCCCCCCCCCC/C=C\CCCCCCCCCC. The molecule has 0 N–H and O–H groups in total. The molecule has 444 valence electrons. The van der Waals surface area contributed by atoms with E-state index in [2.05, 4.69) is 106 Å². The zero-order valence-electron chi connectivity index (χ0n) is 51.0. The third-order valence-corrected chi connectivity index (χ3v) is 14.4. The molecule has 1 unspecified atom stereocenters. The fourth-order valence-corrected chi connectivity index (χ4v) is 9.40. The first-order chi connectivity index (χ1) is 38.0. The standard InChI is InChI=1S/C71H124O6/c1-4-7-10-13-16-19-22-25-28-30-32-34-35-37-38-40-43-46-49-52-55-58-61-64-70(73)76-67-68(66-75-69(72)63-60-57-54-51-48-45-42-27-24-21-18-15-12-9-6-3)77-71(74)65-62-59-56-53-50-47-44-41-39-36-33-31-29-26-23-20-17-14-11-8-5-2/h9,12,18,21-22,25,27,30-33,35,37,42,68H,4-8,10-11,13-17,19-20,23-24,26,28-29,34,36,38-41,43-67H2,1-3H3/b12-9-,21-18-,25-22-,32-30-,33-31-,37-35-,42-27-. The maximum atomic E-state index is 12.9. The van der Waals surface area contributed by atoms with Gasteiger partial charge in [0.05, 0.1) is 0 Å². The van der Waals surface area contributed by atoms with Gasteiger partial charge in [-0.15, -0.1) is 0 Å². The molecule has 77 heavy (non-hydrogen) atoms. The summed E-state index contributed by atoms with van der Waals surface area (Å²) in [4.78, 5) is 38.4. The molecule has 0 heterocycles. The van der Waals surface area contributed by atoms with Crippen molar-refractivity contribution in [2.45, 2.75) is 335 Å². The summed E-state index contributed by atoms with van der Waals surface area (Å²) in [6.07, 6.45) is 85.9. The van der Waals surface area contributed by atoms with Gasteiger partial charge in [0, 0.05) is 19.3 Å². The normalized spacial score (nSPS) is 12.6. The molecule has 0 spiro atoms. The molecule has 0 amide bonds. The fraction of sp³-hybridized carbons (Fsp3) is 0.761. The number of hydrogen-bond donors (Lipinski definition) is 0. The van der Waals surface area contributed by atoms with Crippen molar-refractivity contribution in [2.75, 3.05) is 13.2 Å². The van der Waals surface area contributed by atoms with E-state index in [4.69, 9.17) is 14.2 Å². The van der Waals surface area contributed by atoms with E-state index in [9.17, 15) is 14.4 Å². The van der Waals surface area contributed by atoms with Crippen molar-refractivity contribution >= 4 is 17.9 Å². The third kappa shape index (κ3) is 63.3. The smallest absolute Gasteiger partial charge is 0.306 e. The van der Waals surface area contributed by atoms with Crippen LogP contribution in [0.15, 0.2) is 85.1 Å². The van der Waals surface area contributed by atoms with Crippen LogP contribution in [0, 0.1) is 0 Å². The van der Waals surface area contributed by atoms with Gasteiger partial charge in [-0.3, -0.25) is 14.4 Å². The second-order valence-electron chi connectivity index (χ2n) is 22.0. The monoisotopic (exact) mass is 1070 g/mol. The van der Waals surface area contributed by atoms with E-state index in [1.165, 1.54) is 173 Å². The minimum atomic E-state index is -0.790. The zero-order chi connectivity index (χ0) is 55.7. The molecule has 6 nitrogen and oxygen atoms in total. The molecule has 0 bridgehead atoms. The van der Waals surface area contributed by atoms with Crippen molar-refractivity contribution in [3.63, 3.8) is 0 Å². The Kier molecular flexibility index (Phi) is 62.2. The van der Waals surface area contributed by atoms with Gasteiger partial charge in [-0.2, -0.15) is 0 Å². The van der Waals surface area contributed by atoms with Crippen molar-refractivity contribution in [3.8, 4) is 0 Å². The molecule has 0 aliphatic carbocycles. The lowest BCUT2D eigenvalue weighted by atomic mass is 10.1. The number of rotatable bonds is 60. The molecule has 0 aromatic heterocycles. The fourth-order valence-electron chi connectivity index (χ4n) is 9.40. The van der Waals surface area contributed by atoms with E-state index in [1.54, 1.807) is 0 Å². The van der Waals surface area contributed by atoms with Crippen LogP contribution in [0.1, 0.15) is 329 Å². The van der Waals surface area contributed by atoms with Crippen molar-refractivity contribution in [1.29, 1.82) is 0 Å². The highest BCUT2D eigenvalue weighted by Crippen LogP contribution is 2.16. The molecule has 0 aliphatic rings. The molecule has 0 aromatic carbocycles. The Balaban J connectivity index is 4.37. The summed E-state index contributed by atoms with van der Waals surface area (Å²) in [6, 6.07) is 0. The van der Waals surface area contributed by atoms with E-state index < -0.39 is 6.10 Å². The van der Waals surface area contributed by atoms with Gasteiger partial charge in [-0.05, 0) is 116 Å². The van der Waals surface area contributed by atoms with E-state index in [-0.39, 0.29) is 31.1 Å². The summed E-state index contributed by atoms with van der Waals surface area (Å²) in [5.41, 5.74) is 0. The van der Waals surface area contributed by atoms with Crippen LogP contribution in [-0.4, -0.2) is 37.2 Å². The molecule has 0 saturated carbocycles. The van der Waals surface area contributed by atoms with Gasteiger partial charge in [0.1, 0.15) is 13.2 Å². The Morgan fingerprint density at radius 1 is 0.273 bits per heavy atom. The number of allylic oxidation sites excluding steroid dienone is 14. The average Bonchev–Trinajstić information content (AvgIpc) is 3.43. The van der Waals surface area contributed by atoms with E-state index in [0.717, 1.165) is 116 Å². The molecule has 0 aromatic rings. The maximum Gasteiger partial charge on any atom is 0.306 e. The summed E-state index contributed by atoms with van der Waals surface area (Å²) >= 11 is 0. The Morgan fingerprint density at radius 3 is 0.805 bits per heavy atom. The van der Waals surface area contributed by atoms with Gasteiger partial charge >= 0.3 is 17.9 Å². The van der Waals surface area contributed by atoms with E-state index in [0.29, 0.717) is 19.3 Å². The Morgan fingerprint density at radius 2 is 0.506 bits per heavy atom. The number of unbranched alkanes of at least 4 members (excludes halogenated alkanes) is 35. The topological polar surface area (TPSA) is 78.9 Å². The minimum absolute atomic E-state index is 0.0860. The molecule has 0 radical (unpaired) electrons. The van der Waals surface area contributed by atoms with E-state index in [1.807, 2.05) is 0 Å². The largest absolute Gasteiger partial charge is 0.462 e. The average molecular weight is 1070 g/mol. The summed E-state index contributed by atoms with van der Waals surface area (Å²) in [6.45, 7) is 6.53. The second kappa shape index (κ2) is 65.1. The summed E-state index contributed by atoms with van der Waals surface area (Å²) in [5, 5.41) is 0. The van der Waals surface area contributed by atoms with Crippen LogP contribution < -0.4 is 0 Å². The third-order valence-electron chi connectivity index (χ3n) is 14.4. The van der Waals surface area contributed by atoms with Crippen LogP contribution in [0.3, 0.4) is 0 Å². The van der Waals surface area contributed by atoms with Gasteiger partial charge in [-0.1, -0.05) is 279 Å². The van der Waals surface area contributed by atoms with Gasteiger partial charge < -0.3 is 14.2 Å².